The second kappa shape index (κ2) is 40.9. The van der Waals surface area contributed by atoms with Crippen molar-refractivity contribution in [2.75, 3.05) is 0 Å². The Morgan fingerprint density at radius 3 is 0.879 bits per heavy atom. The number of allylic oxidation sites excluding steroid dienone is 2. The monoisotopic (exact) mass is 951 g/mol. The van der Waals surface area contributed by atoms with E-state index in [1.807, 2.05) is 14.4 Å². The van der Waals surface area contributed by atoms with Crippen LogP contribution in [0.4, 0.5) is 0 Å². The quantitative estimate of drug-likeness (QED) is 0.0361. The van der Waals surface area contributed by atoms with Crippen LogP contribution in [-0.2, 0) is 40.1 Å². The molecular weight excluding hydrogens is 843 g/mol. The first-order valence-electron chi connectivity index (χ1n) is 29.1. The Morgan fingerprint density at radius 2 is 0.561 bits per heavy atom. The summed E-state index contributed by atoms with van der Waals surface area (Å²) < 4.78 is 1.67. The van der Waals surface area contributed by atoms with Gasteiger partial charge in [-0.15, -0.1) is 0 Å². The summed E-state index contributed by atoms with van der Waals surface area (Å²) in [6.45, 7) is 18.3. The van der Waals surface area contributed by atoms with Crippen LogP contribution in [0.15, 0.2) is 47.5 Å². The molecule has 3 heteroatoms. The molecule has 380 valence electrons. The number of hydrogen-bond donors (Lipinski definition) is 0. The molecule has 0 radical (unpaired) electrons. The fourth-order valence-corrected chi connectivity index (χ4v) is 10.9. The molecule has 2 aromatic rings. The molecule has 0 amide bonds. The first kappa shape index (κ1) is 60.1. The Bertz CT molecular complexity index is 1510. The maximum absolute atomic E-state index is 12.5. The summed E-state index contributed by atoms with van der Waals surface area (Å²) in [6, 6.07) is 14.6. The van der Waals surface area contributed by atoms with Crippen molar-refractivity contribution in [1.82, 2.24) is 0 Å². The topological polar surface area (TPSA) is 25.3 Å². The standard InChI is InChI=1S/C45H70N2.2C9H19.Ni/c1-7-13-19-20-21-23-29-43-42(28-22-14-8-2)44(40-32-36(24-15-9-3)30-37(33-40)25-16-10-4)47(46)45(43)41-34-38(26-17-11-5)31-39(35-41)27-18-12-6;2*1-3-5-7-9-8-6-4-2;/h30-35H,7-29H2,1-6H3;2*1,3-9H2,2H3;. The van der Waals surface area contributed by atoms with E-state index in [4.69, 9.17) is 0 Å². The second-order valence-corrected chi connectivity index (χ2v) is 21.6. The van der Waals surface area contributed by atoms with E-state index in [-0.39, 0.29) is 0 Å². The van der Waals surface area contributed by atoms with Crippen molar-refractivity contribution in [3.05, 3.63) is 86.5 Å². The number of rotatable bonds is 41. The summed E-state index contributed by atoms with van der Waals surface area (Å²) in [5.41, 5.74) is 25.7. The Hall–Kier alpha value is -1.99. The van der Waals surface area contributed by atoms with Crippen molar-refractivity contribution in [3.63, 3.8) is 0 Å². The Kier molecular flexibility index (Phi) is 37.2. The molecule has 66 heavy (non-hydrogen) atoms. The van der Waals surface area contributed by atoms with E-state index in [2.05, 4.69) is 91.8 Å². The molecule has 0 atom stereocenters. The van der Waals surface area contributed by atoms with Crippen molar-refractivity contribution in [3.8, 4) is 0 Å². The third-order valence-corrected chi connectivity index (χ3v) is 15.1. The van der Waals surface area contributed by atoms with Crippen LogP contribution in [0.3, 0.4) is 0 Å². The van der Waals surface area contributed by atoms with Crippen molar-refractivity contribution in [2.45, 2.75) is 304 Å². The normalized spacial score (nSPS) is 12.8. The van der Waals surface area contributed by atoms with E-state index >= 15 is 0 Å². The molecule has 0 fully saturated rings. The summed E-state index contributed by atoms with van der Waals surface area (Å²) in [6.07, 6.45) is 47.8. The van der Waals surface area contributed by atoms with Crippen LogP contribution in [0, 0.1) is 0 Å². The van der Waals surface area contributed by atoms with Crippen LogP contribution >= 0.6 is 0 Å². The average Bonchev–Trinajstić information content (AvgIpc) is 3.61. The van der Waals surface area contributed by atoms with Crippen LogP contribution in [0.5, 0.6) is 0 Å². The number of benzene rings is 2. The Labute approximate surface area is 418 Å². The van der Waals surface area contributed by atoms with E-state index in [0.717, 1.165) is 49.9 Å². The van der Waals surface area contributed by atoms with E-state index in [1.165, 1.54) is 254 Å². The van der Waals surface area contributed by atoms with Gasteiger partial charge in [0.1, 0.15) is 0 Å². The first-order valence-corrected chi connectivity index (χ1v) is 30.5. The molecular formula is C63H108N2Ni. The molecule has 0 unspecified atom stereocenters. The predicted molar refractivity (Wildman–Crippen MR) is 293 cm³/mol. The number of nitrogens with zero attached hydrogens (tertiary/aromatic N) is 2. The second-order valence-electron chi connectivity index (χ2n) is 20.1. The molecule has 1 aliphatic rings. The minimum absolute atomic E-state index is 1.04. The SMILES string of the molecule is CCCCCCCCC1=C(c2cc(CCCC)cc(CCCC)c2)[N+](=[N-])C(c2cc(CCCC)cc(CCCC)c2)=C1CCCCC.CCCCCCCC[CH2][Ni][CH2]CCCCCCCC. The molecule has 0 spiro atoms. The molecule has 1 aliphatic heterocycles. The van der Waals surface area contributed by atoms with Gasteiger partial charge in [0.15, 0.2) is 0 Å². The van der Waals surface area contributed by atoms with Crippen molar-refractivity contribution in [1.29, 1.82) is 0 Å². The summed E-state index contributed by atoms with van der Waals surface area (Å²) in [5.74, 6) is 0. The van der Waals surface area contributed by atoms with Crippen molar-refractivity contribution >= 4 is 11.4 Å². The molecule has 3 rings (SSSR count). The van der Waals surface area contributed by atoms with Gasteiger partial charge in [0.2, 0.25) is 11.4 Å². The summed E-state index contributed by atoms with van der Waals surface area (Å²) in [7, 11) is 0. The van der Waals surface area contributed by atoms with Crippen molar-refractivity contribution in [2.24, 2.45) is 0 Å². The molecule has 1 heterocycles. The first-order chi connectivity index (χ1) is 32.4. The van der Waals surface area contributed by atoms with Gasteiger partial charge in [-0.3, -0.25) is 0 Å². The van der Waals surface area contributed by atoms with Gasteiger partial charge in [-0.2, -0.15) is 0 Å². The van der Waals surface area contributed by atoms with Gasteiger partial charge in [0, 0.05) is 22.3 Å². The van der Waals surface area contributed by atoms with Crippen LogP contribution in [-0.4, -0.2) is 4.70 Å². The number of hydrogen-bond acceptors (Lipinski definition) is 0. The summed E-state index contributed by atoms with van der Waals surface area (Å²) in [5, 5.41) is 2.85. The molecule has 0 aliphatic carbocycles. The number of unbranched alkanes of at least 4 members (excludes halogenated alkanes) is 23. The van der Waals surface area contributed by atoms with Gasteiger partial charge in [-0.1, -0.05) is 124 Å². The summed E-state index contributed by atoms with van der Waals surface area (Å²) in [4.78, 5) is 0. The van der Waals surface area contributed by atoms with Crippen LogP contribution in [0.1, 0.15) is 301 Å². The molecule has 0 aromatic heterocycles. The molecule has 2 aromatic carbocycles. The molecule has 0 saturated heterocycles. The zero-order valence-electron chi connectivity index (χ0n) is 45.3. The third kappa shape index (κ3) is 25.6. The fourth-order valence-electron chi connectivity index (χ4n) is 9.63. The Morgan fingerprint density at radius 1 is 0.303 bits per heavy atom. The maximum atomic E-state index is 12.5. The zero-order valence-corrected chi connectivity index (χ0v) is 46.2. The van der Waals surface area contributed by atoms with Crippen LogP contribution < -0.4 is 0 Å². The van der Waals surface area contributed by atoms with Gasteiger partial charge in [0.05, 0.1) is 0 Å². The molecule has 0 saturated carbocycles. The molecule has 2 nitrogen and oxygen atoms in total. The van der Waals surface area contributed by atoms with E-state index in [1.54, 1.807) is 4.70 Å². The van der Waals surface area contributed by atoms with Gasteiger partial charge in [-0.25, -0.2) is 4.70 Å². The summed E-state index contributed by atoms with van der Waals surface area (Å²) >= 11 is 2.01. The van der Waals surface area contributed by atoms with E-state index in [9.17, 15) is 5.53 Å². The molecule has 0 bridgehead atoms. The van der Waals surface area contributed by atoms with Gasteiger partial charge in [0.25, 0.3) is 0 Å². The van der Waals surface area contributed by atoms with Gasteiger partial charge >= 0.3 is 129 Å². The average molecular weight is 952 g/mol. The molecule has 0 N–H and O–H groups in total. The van der Waals surface area contributed by atoms with E-state index in [0.29, 0.717) is 0 Å². The Balaban J connectivity index is 0.000000661. The van der Waals surface area contributed by atoms with Gasteiger partial charge < -0.3 is 5.53 Å². The van der Waals surface area contributed by atoms with Crippen LogP contribution in [0.2, 0.25) is 10.8 Å². The fraction of sp³-hybridized carbons (Fsp3) is 0.746. The minimum atomic E-state index is 1.04. The van der Waals surface area contributed by atoms with Gasteiger partial charge in [-0.05, 0) is 124 Å². The number of aryl methyl sites for hydroxylation is 4. The van der Waals surface area contributed by atoms with Crippen LogP contribution in [0.25, 0.3) is 16.9 Å². The predicted octanol–water partition coefficient (Wildman–Crippen LogP) is 22.0. The van der Waals surface area contributed by atoms with Crippen molar-refractivity contribution < 1.29 is 19.1 Å². The zero-order chi connectivity index (χ0) is 47.9. The third-order valence-electron chi connectivity index (χ3n) is 13.8. The van der Waals surface area contributed by atoms with E-state index < -0.39 is 0 Å².